The van der Waals surface area contributed by atoms with E-state index in [9.17, 15) is 4.79 Å². The number of anilines is 1. The highest BCUT2D eigenvalue weighted by Gasteiger charge is 2.58. The number of hydrogen-bond acceptors (Lipinski definition) is 4. The number of rotatable bonds is 6. The topological polar surface area (TPSA) is 61.0 Å². The Morgan fingerprint density at radius 2 is 1.90 bits per heavy atom. The summed E-state index contributed by atoms with van der Waals surface area (Å²) < 4.78 is 0. The lowest BCUT2D eigenvalue weighted by Gasteiger charge is -2.32. The van der Waals surface area contributed by atoms with Crippen LogP contribution in [0.5, 0.6) is 0 Å². The number of aromatic nitrogens is 2. The molecule has 2 heterocycles. The largest absolute Gasteiger partial charge is 0.326 e. The second-order valence-electron chi connectivity index (χ2n) is 8.75. The van der Waals surface area contributed by atoms with Crippen LogP contribution in [0.2, 0.25) is 0 Å². The van der Waals surface area contributed by atoms with Crippen molar-refractivity contribution in [3.63, 3.8) is 0 Å². The number of benzene rings is 2. The van der Waals surface area contributed by atoms with Crippen molar-refractivity contribution >= 4 is 23.4 Å². The zero-order valence-electron chi connectivity index (χ0n) is 17.8. The minimum Gasteiger partial charge on any atom is -0.326 e. The molecule has 1 saturated heterocycles. The molecule has 5 rings (SSSR count). The average molecular weight is 433 g/mol. The number of nitrogens with one attached hydrogen (secondary N) is 2. The van der Waals surface area contributed by atoms with Crippen LogP contribution in [0, 0.1) is 11.3 Å². The summed E-state index contributed by atoms with van der Waals surface area (Å²) in [5.41, 5.74) is 4.62. The smallest absolute Gasteiger partial charge is 0.228 e. The SMILES string of the molecule is CSc1ccc(NC(=O)C2CC23CCN(Cc2cn[nH]c2-c2ccccc2)CC3)cc1. The predicted molar refractivity (Wildman–Crippen MR) is 126 cm³/mol. The van der Waals surface area contributed by atoms with E-state index in [2.05, 4.69) is 63.1 Å². The van der Waals surface area contributed by atoms with Crippen molar-refractivity contribution in [2.75, 3.05) is 24.7 Å². The van der Waals surface area contributed by atoms with Crippen LogP contribution in [-0.4, -0.2) is 40.3 Å². The first kappa shape index (κ1) is 20.3. The first-order valence-corrected chi connectivity index (χ1v) is 12.1. The molecule has 1 amide bonds. The molecule has 2 fully saturated rings. The number of likely N-dealkylation sites (tertiary alicyclic amines) is 1. The molecule has 6 heteroatoms. The highest BCUT2D eigenvalue weighted by Crippen LogP contribution is 2.59. The van der Waals surface area contributed by atoms with Crippen LogP contribution in [0.1, 0.15) is 24.8 Å². The fourth-order valence-electron chi connectivity index (χ4n) is 4.86. The number of piperidine rings is 1. The molecule has 1 spiro atoms. The van der Waals surface area contributed by atoms with Gasteiger partial charge in [-0.05, 0) is 73.9 Å². The number of hydrogen-bond donors (Lipinski definition) is 2. The van der Waals surface area contributed by atoms with Crippen molar-refractivity contribution < 1.29 is 4.79 Å². The third-order valence-electron chi connectivity index (χ3n) is 6.89. The first-order valence-electron chi connectivity index (χ1n) is 10.9. The van der Waals surface area contributed by atoms with Gasteiger partial charge in [-0.2, -0.15) is 5.10 Å². The van der Waals surface area contributed by atoms with Gasteiger partial charge in [-0.25, -0.2) is 0 Å². The second-order valence-corrected chi connectivity index (χ2v) is 9.63. The lowest BCUT2D eigenvalue weighted by Crippen LogP contribution is -2.35. The summed E-state index contributed by atoms with van der Waals surface area (Å²) in [6, 6.07) is 18.5. The summed E-state index contributed by atoms with van der Waals surface area (Å²) in [4.78, 5) is 16.5. The Morgan fingerprint density at radius 1 is 1.16 bits per heavy atom. The number of thioether (sulfide) groups is 1. The van der Waals surface area contributed by atoms with Gasteiger partial charge in [0.05, 0.1) is 11.9 Å². The monoisotopic (exact) mass is 432 g/mol. The zero-order valence-corrected chi connectivity index (χ0v) is 18.6. The van der Waals surface area contributed by atoms with Gasteiger partial charge in [0.25, 0.3) is 0 Å². The molecule has 31 heavy (non-hydrogen) atoms. The summed E-state index contributed by atoms with van der Waals surface area (Å²) in [5.74, 6) is 0.343. The number of H-pyrrole nitrogens is 1. The quantitative estimate of drug-likeness (QED) is 0.536. The van der Waals surface area contributed by atoms with Gasteiger partial charge in [-0.15, -0.1) is 11.8 Å². The van der Waals surface area contributed by atoms with Crippen LogP contribution in [0.4, 0.5) is 5.69 Å². The molecule has 3 aromatic rings. The second kappa shape index (κ2) is 8.52. The Hall–Kier alpha value is -2.57. The highest BCUT2D eigenvalue weighted by atomic mass is 32.2. The molecule has 1 aliphatic heterocycles. The number of amides is 1. The zero-order chi connectivity index (χ0) is 21.3. The lowest BCUT2D eigenvalue weighted by molar-refractivity contribution is -0.118. The van der Waals surface area contributed by atoms with Crippen LogP contribution in [0.3, 0.4) is 0 Å². The molecule has 5 nitrogen and oxygen atoms in total. The standard InChI is InChI=1S/C25H28N4OS/c1-31-21-9-7-20(8-10-21)27-24(30)22-15-25(22)11-13-29(14-12-25)17-19-16-26-28-23(19)18-5-3-2-4-6-18/h2-10,16,22H,11-15,17H2,1H3,(H,26,28)(H,27,30). The Balaban J connectivity index is 1.15. The van der Waals surface area contributed by atoms with E-state index < -0.39 is 0 Å². The Kier molecular flexibility index (Phi) is 5.59. The normalized spacial score (nSPS) is 20.0. The van der Waals surface area contributed by atoms with Crippen molar-refractivity contribution in [3.05, 3.63) is 66.4 Å². The van der Waals surface area contributed by atoms with Crippen LogP contribution < -0.4 is 5.32 Å². The summed E-state index contributed by atoms with van der Waals surface area (Å²) in [5, 5.41) is 10.6. The van der Waals surface area contributed by atoms with Crippen molar-refractivity contribution in [2.45, 2.75) is 30.7 Å². The minimum atomic E-state index is 0.156. The van der Waals surface area contributed by atoms with E-state index in [-0.39, 0.29) is 17.2 Å². The molecule has 2 aromatic carbocycles. The molecule has 1 unspecified atom stereocenters. The predicted octanol–water partition coefficient (Wildman–Crippen LogP) is 5.04. The van der Waals surface area contributed by atoms with Gasteiger partial charge >= 0.3 is 0 Å². The van der Waals surface area contributed by atoms with Gasteiger partial charge in [-0.3, -0.25) is 14.8 Å². The molecule has 160 valence electrons. The molecule has 1 atom stereocenters. The number of aromatic amines is 1. The molecular formula is C25H28N4OS. The average Bonchev–Trinajstić information content (AvgIpc) is 3.32. The van der Waals surface area contributed by atoms with E-state index >= 15 is 0 Å². The van der Waals surface area contributed by atoms with Crippen LogP contribution in [-0.2, 0) is 11.3 Å². The van der Waals surface area contributed by atoms with Gasteiger partial charge in [0.15, 0.2) is 0 Å². The fraction of sp³-hybridized carbons (Fsp3) is 0.360. The Morgan fingerprint density at radius 3 is 2.61 bits per heavy atom. The number of nitrogens with zero attached hydrogens (tertiary/aromatic N) is 2. The van der Waals surface area contributed by atoms with E-state index in [0.717, 1.165) is 50.3 Å². The Labute approximate surface area is 187 Å². The van der Waals surface area contributed by atoms with E-state index in [4.69, 9.17) is 0 Å². The summed E-state index contributed by atoms with van der Waals surface area (Å²) >= 11 is 1.71. The van der Waals surface area contributed by atoms with Gasteiger partial charge in [0.2, 0.25) is 5.91 Å². The molecule has 2 N–H and O–H groups in total. The van der Waals surface area contributed by atoms with E-state index in [1.807, 2.05) is 24.4 Å². The van der Waals surface area contributed by atoms with Crippen molar-refractivity contribution in [3.8, 4) is 11.3 Å². The molecular weight excluding hydrogens is 404 g/mol. The van der Waals surface area contributed by atoms with Gasteiger partial charge < -0.3 is 5.32 Å². The number of carbonyl (C=O) groups excluding carboxylic acids is 1. The highest BCUT2D eigenvalue weighted by molar-refractivity contribution is 7.98. The first-order chi connectivity index (χ1) is 15.2. The fourth-order valence-corrected chi connectivity index (χ4v) is 5.27. The van der Waals surface area contributed by atoms with E-state index in [0.29, 0.717) is 0 Å². The third kappa shape index (κ3) is 4.27. The summed E-state index contributed by atoms with van der Waals surface area (Å²) in [7, 11) is 0. The van der Waals surface area contributed by atoms with Gasteiger partial charge in [0, 0.05) is 28.6 Å². The molecule has 0 radical (unpaired) electrons. The van der Waals surface area contributed by atoms with Crippen molar-refractivity contribution in [1.82, 2.24) is 15.1 Å². The van der Waals surface area contributed by atoms with Crippen LogP contribution in [0.25, 0.3) is 11.3 Å². The van der Waals surface area contributed by atoms with Crippen LogP contribution >= 0.6 is 11.8 Å². The van der Waals surface area contributed by atoms with Crippen molar-refractivity contribution in [1.29, 1.82) is 0 Å². The van der Waals surface area contributed by atoms with E-state index in [1.165, 1.54) is 16.0 Å². The van der Waals surface area contributed by atoms with Crippen molar-refractivity contribution in [2.24, 2.45) is 11.3 Å². The molecule has 1 saturated carbocycles. The number of carbonyl (C=O) groups is 1. The summed E-state index contributed by atoms with van der Waals surface area (Å²) in [6.45, 7) is 2.96. The molecule has 1 aromatic heterocycles. The summed E-state index contributed by atoms with van der Waals surface area (Å²) in [6.07, 6.45) is 7.21. The third-order valence-corrected chi connectivity index (χ3v) is 7.63. The van der Waals surface area contributed by atoms with Gasteiger partial charge in [-0.1, -0.05) is 30.3 Å². The minimum absolute atomic E-state index is 0.156. The molecule has 2 aliphatic rings. The lowest BCUT2D eigenvalue weighted by atomic mass is 9.90. The maximum Gasteiger partial charge on any atom is 0.228 e. The van der Waals surface area contributed by atoms with Gasteiger partial charge in [0.1, 0.15) is 0 Å². The molecule has 0 bridgehead atoms. The van der Waals surface area contributed by atoms with E-state index in [1.54, 1.807) is 11.8 Å². The maximum absolute atomic E-state index is 12.8. The van der Waals surface area contributed by atoms with Crippen LogP contribution in [0.15, 0.2) is 65.7 Å². The Bertz CT molecular complexity index is 1040. The maximum atomic E-state index is 12.8. The molecule has 1 aliphatic carbocycles.